The van der Waals surface area contributed by atoms with Gasteiger partial charge >= 0.3 is 15.5 Å². The summed E-state index contributed by atoms with van der Waals surface area (Å²) >= 11 is 6.40. The quantitative estimate of drug-likeness (QED) is 0.239. The Morgan fingerprint density at radius 1 is 0.959 bits per heavy atom. The van der Waals surface area contributed by atoms with Gasteiger partial charge in [0.25, 0.3) is 0 Å². The van der Waals surface area contributed by atoms with Gasteiger partial charge in [-0.1, -0.05) is 11.6 Å². The van der Waals surface area contributed by atoms with Crippen LogP contribution in [-0.2, 0) is 10.0 Å². The number of sulfonamides is 1. The topological polar surface area (TPSA) is 132 Å². The van der Waals surface area contributed by atoms with Gasteiger partial charge in [-0.2, -0.15) is 26.6 Å². The third-order valence-corrected chi connectivity index (χ3v) is 10.7. The molecule has 2 aliphatic heterocycles. The number of ether oxygens (including phenoxy) is 1. The summed E-state index contributed by atoms with van der Waals surface area (Å²) in [6.45, 7) is 6.28. The smallest absolute Gasteiger partial charge is 0.494 e. The van der Waals surface area contributed by atoms with Crippen LogP contribution in [0.15, 0.2) is 48.9 Å². The second-order valence-electron chi connectivity index (χ2n) is 11.9. The third kappa shape index (κ3) is 7.25. The van der Waals surface area contributed by atoms with Crippen molar-refractivity contribution in [1.82, 2.24) is 29.7 Å². The van der Waals surface area contributed by atoms with Gasteiger partial charge in [-0.3, -0.25) is 19.2 Å². The predicted molar refractivity (Wildman–Crippen MR) is 184 cm³/mol. The number of piperazine rings is 1. The number of hydrogen-bond donors (Lipinski definition) is 2. The number of halogens is 4. The van der Waals surface area contributed by atoms with Crippen LogP contribution in [0.3, 0.4) is 0 Å². The molecule has 0 unspecified atom stereocenters. The van der Waals surface area contributed by atoms with E-state index in [1.54, 1.807) is 7.11 Å². The van der Waals surface area contributed by atoms with Crippen molar-refractivity contribution in [3.8, 4) is 5.75 Å². The second kappa shape index (κ2) is 14.0. The maximum Gasteiger partial charge on any atom is 0.516 e. The zero-order valence-corrected chi connectivity index (χ0v) is 28.6. The average molecular weight is 721 g/mol. The van der Waals surface area contributed by atoms with Crippen LogP contribution in [0.2, 0.25) is 5.02 Å². The van der Waals surface area contributed by atoms with Gasteiger partial charge in [-0.25, -0.2) is 4.98 Å². The standard InChI is InChI=1S/C31H36ClF3N10O3S/c1-42-14-16-45(17-15-42)20-8-12-44(13-9-20)21-4-5-23(26(18-21)48-3)40-30-38-19-22(32)29(41-30)39-25-7-6-24-27(37-11-10-36-24)28(25)43(2)49(46,47)31(33,34)35/h4-7,10-11,18-20H,8-9,12-17H2,1-3H3,(H2,38,39,40,41). The Hall–Kier alpha value is -4.19. The lowest BCUT2D eigenvalue weighted by molar-refractivity contribution is -0.0436. The molecular weight excluding hydrogens is 685 g/mol. The number of nitrogens with one attached hydrogen (secondary N) is 2. The van der Waals surface area contributed by atoms with E-state index in [0.717, 1.165) is 64.8 Å². The highest BCUT2D eigenvalue weighted by molar-refractivity contribution is 7.93. The van der Waals surface area contributed by atoms with E-state index in [1.807, 2.05) is 18.2 Å². The molecule has 2 aromatic heterocycles. The van der Waals surface area contributed by atoms with Crippen molar-refractivity contribution < 1.29 is 26.3 Å². The summed E-state index contributed by atoms with van der Waals surface area (Å²) in [6, 6.07) is 9.25. The molecule has 4 heterocycles. The Labute approximate surface area is 287 Å². The number of fused-ring (bicyclic) bond motifs is 1. The highest BCUT2D eigenvalue weighted by Crippen LogP contribution is 2.40. The maximum absolute atomic E-state index is 13.6. The predicted octanol–water partition coefficient (Wildman–Crippen LogP) is 5.07. The molecule has 0 radical (unpaired) electrons. The molecular formula is C31H36ClF3N10O3S. The largest absolute Gasteiger partial charge is 0.516 e. The van der Waals surface area contributed by atoms with Gasteiger partial charge < -0.3 is 25.2 Å². The van der Waals surface area contributed by atoms with Gasteiger partial charge in [0.1, 0.15) is 22.0 Å². The summed E-state index contributed by atoms with van der Waals surface area (Å²) in [6.07, 6.45) is 6.07. The number of benzene rings is 2. The van der Waals surface area contributed by atoms with Crippen molar-refractivity contribution in [1.29, 1.82) is 0 Å². The number of alkyl halides is 3. The molecule has 0 atom stereocenters. The summed E-state index contributed by atoms with van der Waals surface area (Å²) in [5, 5.41) is 6.01. The minimum atomic E-state index is -5.80. The molecule has 49 heavy (non-hydrogen) atoms. The van der Waals surface area contributed by atoms with Gasteiger partial charge in [-0.05, 0) is 44.2 Å². The molecule has 13 nitrogen and oxygen atoms in total. The molecule has 0 saturated carbocycles. The number of rotatable bonds is 9. The molecule has 0 spiro atoms. The van der Waals surface area contributed by atoms with Crippen LogP contribution in [0.1, 0.15) is 12.8 Å². The first-order valence-corrected chi connectivity index (χ1v) is 17.4. The van der Waals surface area contributed by atoms with Crippen LogP contribution in [0, 0.1) is 0 Å². The van der Waals surface area contributed by atoms with E-state index >= 15 is 0 Å². The zero-order chi connectivity index (χ0) is 34.9. The number of nitrogens with zero attached hydrogens (tertiary/aromatic N) is 8. The highest BCUT2D eigenvalue weighted by atomic mass is 35.5. The fourth-order valence-electron chi connectivity index (χ4n) is 6.14. The molecule has 6 rings (SSSR count). The summed E-state index contributed by atoms with van der Waals surface area (Å²) < 4.78 is 71.5. The number of methoxy groups -OCH3 is 1. The molecule has 2 saturated heterocycles. The van der Waals surface area contributed by atoms with Gasteiger partial charge in [0.05, 0.1) is 30.2 Å². The number of anilines is 6. The fraction of sp³-hybridized carbons (Fsp3) is 0.419. The van der Waals surface area contributed by atoms with E-state index in [9.17, 15) is 21.6 Å². The maximum atomic E-state index is 13.6. The van der Waals surface area contributed by atoms with E-state index in [4.69, 9.17) is 16.3 Å². The molecule has 0 bridgehead atoms. The molecule has 2 fully saturated rings. The minimum absolute atomic E-state index is 0.000252. The van der Waals surface area contributed by atoms with E-state index in [0.29, 0.717) is 17.5 Å². The Kier molecular flexibility index (Phi) is 9.88. The van der Waals surface area contributed by atoms with E-state index in [2.05, 4.69) is 52.3 Å². The van der Waals surface area contributed by atoms with E-state index in [-0.39, 0.29) is 37.8 Å². The summed E-state index contributed by atoms with van der Waals surface area (Å²) in [5.74, 6) is 0.658. The Bertz CT molecular complexity index is 1920. The van der Waals surface area contributed by atoms with Crippen LogP contribution in [0.5, 0.6) is 5.75 Å². The molecule has 0 aliphatic carbocycles. The van der Waals surface area contributed by atoms with Crippen LogP contribution >= 0.6 is 11.6 Å². The summed E-state index contributed by atoms with van der Waals surface area (Å²) in [5.41, 5.74) is -4.32. The van der Waals surface area contributed by atoms with Crippen LogP contribution in [0.4, 0.5) is 47.7 Å². The van der Waals surface area contributed by atoms with Crippen molar-refractivity contribution in [2.75, 3.05) is 80.3 Å². The van der Waals surface area contributed by atoms with Crippen LogP contribution in [0.25, 0.3) is 11.0 Å². The zero-order valence-electron chi connectivity index (χ0n) is 27.1. The molecule has 18 heteroatoms. The lowest BCUT2D eigenvalue weighted by Gasteiger charge is -2.42. The molecule has 2 N–H and O–H groups in total. The summed E-state index contributed by atoms with van der Waals surface area (Å²) in [7, 11) is -1.28. The van der Waals surface area contributed by atoms with E-state index < -0.39 is 21.2 Å². The van der Waals surface area contributed by atoms with Crippen LogP contribution in [-0.4, -0.2) is 110 Å². The Morgan fingerprint density at radius 3 is 2.35 bits per heavy atom. The number of piperidine rings is 1. The van der Waals surface area contributed by atoms with Crippen molar-refractivity contribution >= 4 is 67.2 Å². The van der Waals surface area contributed by atoms with Crippen molar-refractivity contribution in [2.24, 2.45) is 0 Å². The molecule has 262 valence electrons. The first-order chi connectivity index (χ1) is 23.4. The molecule has 2 aliphatic rings. The number of likely N-dealkylation sites (N-methyl/N-ethyl adjacent to an activating group) is 1. The first kappa shape index (κ1) is 34.7. The monoisotopic (exact) mass is 720 g/mol. The fourth-order valence-corrected chi connectivity index (χ4v) is 7.01. The van der Waals surface area contributed by atoms with Crippen molar-refractivity contribution in [2.45, 2.75) is 24.4 Å². The van der Waals surface area contributed by atoms with Gasteiger partial charge in [0, 0.05) is 76.5 Å². The van der Waals surface area contributed by atoms with Gasteiger partial charge in [-0.15, -0.1) is 0 Å². The van der Waals surface area contributed by atoms with Gasteiger partial charge in [0.15, 0.2) is 5.82 Å². The molecule has 0 amide bonds. The Morgan fingerprint density at radius 2 is 1.65 bits per heavy atom. The SMILES string of the molecule is COc1cc(N2CCC(N3CCN(C)CC3)CC2)ccc1Nc1ncc(Cl)c(Nc2ccc3nccnc3c2N(C)S(=O)(=O)C(F)(F)F)n1. The number of hydrogen-bond acceptors (Lipinski definition) is 12. The lowest BCUT2D eigenvalue weighted by Crippen LogP contribution is -2.52. The minimum Gasteiger partial charge on any atom is -0.494 e. The molecule has 4 aromatic rings. The van der Waals surface area contributed by atoms with Crippen LogP contribution < -0.4 is 24.6 Å². The first-order valence-electron chi connectivity index (χ1n) is 15.6. The summed E-state index contributed by atoms with van der Waals surface area (Å²) in [4.78, 5) is 24.2. The van der Waals surface area contributed by atoms with E-state index in [1.165, 1.54) is 30.7 Å². The van der Waals surface area contributed by atoms with Gasteiger partial charge in [0.2, 0.25) is 5.95 Å². The number of aromatic nitrogens is 4. The second-order valence-corrected chi connectivity index (χ2v) is 14.3. The lowest BCUT2D eigenvalue weighted by atomic mass is 10.0. The molecule has 2 aromatic carbocycles. The highest BCUT2D eigenvalue weighted by Gasteiger charge is 2.50. The Balaban J connectivity index is 1.22. The van der Waals surface area contributed by atoms with Crippen molar-refractivity contribution in [3.05, 3.63) is 53.9 Å². The average Bonchev–Trinajstić information content (AvgIpc) is 3.09. The normalized spacial score (nSPS) is 16.9. The van der Waals surface area contributed by atoms with Crippen molar-refractivity contribution in [3.63, 3.8) is 0 Å². The third-order valence-electron chi connectivity index (χ3n) is 8.89.